The van der Waals surface area contributed by atoms with Gasteiger partial charge in [0.2, 0.25) is 0 Å². The summed E-state index contributed by atoms with van der Waals surface area (Å²) in [5.41, 5.74) is 0.778. The zero-order chi connectivity index (χ0) is 12.8. The van der Waals surface area contributed by atoms with Crippen LogP contribution in [-0.4, -0.2) is 16.8 Å². The van der Waals surface area contributed by atoms with Crippen LogP contribution in [0.25, 0.3) is 0 Å². The smallest absolute Gasteiger partial charge is 0.113 e. The Balaban J connectivity index is 2.10. The van der Waals surface area contributed by atoms with Crippen molar-refractivity contribution < 1.29 is 10.2 Å². The third-order valence-electron chi connectivity index (χ3n) is 3.24. The molecule has 2 heteroatoms. The van der Waals surface area contributed by atoms with Crippen molar-refractivity contribution in [2.24, 2.45) is 0 Å². The van der Waals surface area contributed by atoms with Crippen LogP contribution in [0.15, 0.2) is 60.7 Å². The molecule has 2 aromatic carbocycles. The van der Waals surface area contributed by atoms with Crippen molar-refractivity contribution in [3.05, 3.63) is 71.8 Å². The van der Waals surface area contributed by atoms with E-state index in [0.717, 1.165) is 12.0 Å². The normalized spacial score (nSPS) is 14.1. The van der Waals surface area contributed by atoms with Gasteiger partial charge in [-0.25, -0.2) is 0 Å². The van der Waals surface area contributed by atoms with Crippen molar-refractivity contribution >= 4 is 0 Å². The minimum absolute atomic E-state index is 0.260. The first-order valence-corrected chi connectivity index (χ1v) is 6.17. The lowest BCUT2D eigenvalue weighted by Gasteiger charge is -2.26. The molecular formula is C16H18O2. The SMILES string of the molecule is OC[C@](O)(CCc1ccccc1)c1ccccc1. The van der Waals surface area contributed by atoms with E-state index < -0.39 is 5.60 Å². The average molecular weight is 242 g/mol. The van der Waals surface area contributed by atoms with Crippen molar-refractivity contribution in [2.45, 2.75) is 18.4 Å². The Kier molecular flexibility index (Phi) is 4.13. The van der Waals surface area contributed by atoms with Gasteiger partial charge in [-0.1, -0.05) is 60.7 Å². The molecule has 0 radical (unpaired) electrons. The molecule has 94 valence electrons. The highest BCUT2D eigenvalue weighted by Crippen LogP contribution is 2.26. The highest BCUT2D eigenvalue weighted by molar-refractivity contribution is 5.23. The molecule has 0 aliphatic rings. The van der Waals surface area contributed by atoms with Crippen molar-refractivity contribution in [2.75, 3.05) is 6.61 Å². The predicted octanol–water partition coefficient (Wildman–Crippen LogP) is 2.50. The summed E-state index contributed by atoms with van der Waals surface area (Å²) in [6, 6.07) is 19.3. The van der Waals surface area contributed by atoms with Crippen LogP contribution in [0.5, 0.6) is 0 Å². The van der Waals surface area contributed by atoms with E-state index in [1.807, 2.05) is 60.7 Å². The third kappa shape index (κ3) is 2.97. The largest absolute Gasteiger partial charge is 0.393 e. The molecule has 0 saturated carbocycles. The second-order valence-electron chi connectivity index (χ2n) is 4.54. The van der Waals surface area contributed by atoms with Gasteiger partial charge in [0.15, 0.2) is 0 Å². The van der Waals surface area contributed by atoms with Crippen molar-refractivity contribution in [1.29, 1.82) is 0 Å². The monoisotopic (exact) mass is 242 g/mol. The molecule has 18 heavy (non-hydrogen) atoms. The Hall–Kier alpha value is -1.64. The molecule has 0 bridgehead atoms. The van der Waals surface area contributed by atoms with E-state index in [1.165, 1.54) is 5.56 Å². The zero-order valence-corrected chi connectivity index (χ0v) is 10.3. The fourth-order valence-corrected chi connectivity index (χ4v) is 2.06. The minimum Gasteiger partial charge on any atom is -0.393 e. The molecule has 2 aromatic rings. The first-order valence-electron chi connectivity index (χ1n) is 6.17. The van der Waals surface area contributed by atoms with Gasteiger partial charge in [-0.3, -0.25) is 0 Å². The molecule has 1 atom stereocenters. The highest BCUT2D eigenvalue weighted by Gasteiger charge is 2.27. The summed E-state index contributed by atoms with van der Waals surface area (Å²) in [4.78, 5) is 0. The molecule has 0 aliphatic carbocycles. The van der Waals surface area contributed by atoms with Crippen molar-refractivity contribution in [3.8, 4) is 0 Å². The molecule has 0 aliphatic heterocycles. The van der Waals surface area contributed by atoms with Crippen LogP contribution in [-0.2, 0) is 12.0 Å². The van der Waals surface area contributed by atoms with E-state index in [-0.39, 0.29) is 6.61 Å². The molecule has 0 saturated heterocycles. The molecule has 0 amide bonds. The summed E-state index contributed by atoms with van der Waals surface area (Å²) >= 11 is 0. The summed E-state index contributed by atoms with van der Waals surface area (Å²) in [7, 11) is 0. The fraction of sp³-hybridized carbons (Fsp3) is 0.250. The third-order valence-corrected chi connectivity index (χ3v) is 3.24. The number of aryl methyl sites for hydroxylation is 1. The van der Waals surface area contributed by atoms with Crippen LogP contribution in [0.2, 0.25) is 0 Å². The van der Waals surface area contributed by atoms with Gasteiger partial charge in [0.25, 0.3) is 0 Å². The first-order chi connectivity index (χ1) is 8.74. The first kappa shape index (κ1) is 12.8. The Morgan fingerprint density at radius 2 is 1.39 bits per heavy atom. The second-order valence-corrected chi connectivity index (χ2v) is 4.54. The maximum absolute atomic E-state index is 10.5. The van der Waals surface area contributed by atoms with Gasteiger partial charge in [0.1, 0.15) is 5.60 Å². The van der Waals surface area contributed by atoms with Gasteiger partial charge in [0.05, 0.1) is 6.61 Å². The quantitative estimate of drug-likeness (QED) is 0.845. The number of aliphatic hydroxyl groups excluding tert-OH is 1. The summed E-state index contributed by atoms with van der Waals surface area (Å²) in [6.07, 6.45) is 1.25. The van der Waals surface area contributed by atoms with E-state index in [1.54, 1.807) is 0 Å². The van der Waals surface area contributed by atoms with Gasteiger partial charge in [-0.2, -0.15) is 0 Å². The number of rotatable bonds is 5. The lowest BCUT2D eigenvalue weighted by atomic mass is 9.88. The summed E-state index contributed by atoms with van der Waals surface area (Å²) in [5.74, 6) is 0. The van der Waals surface area contributed by atoms with Crippen molar-refractivity contribution in [1.82, 2.24) is 0 Å². The molecule has 0 fully saturated rings. The van der Waals surface area contributed by atoms with Gasteiger partial charge < -0.3 is 10.2 Å². The number of aliphatic hydroxyl groups is 2. The molecule has 0 unspecified atom stereocenters. The van der Waals surface area contributed by atoms with Crippen LogP contribution in [0, 0.1) is 0 Å². The number of benzene rings is 2. The van der Waals surface area contributed by atoms with E-state index >= 15 is 0 Å². The Labute approximate surface area is 108 Å². The van der Waals surface area contributed by atoms with Crippen LogP contribution in [0.4, 0.5) is 0 Å². The zero-order valence-electron chi connectivity index (χ0n) is 10.3. The minimum atomic E-state index is -1.16. The van der Waals surface area contributed by atoms with Gasteiger partial charge in [0, 0.05) is 0 Å². The number of hydrogen-bond donors (Lipinski definition) is 2. The number of hydrogen-bond acceptors (Lipinski definition) is 2. The fourth-order valence-electron chi connectivity index (χ4n) is 2.06. The van der Waals surface area contributed by atoms with Gasteiger partial charge in [-0.05, 0) is 24.0 Å². The van der Waals surface area contributed by atoms with Crippen LogP contribution >= 0.6 is 0 Å². The maximum atomic E-state index is 10.5. The summed E-state index contributed by atoms with van der Waals surface area (Å²) in [5, 5.41) is 20.0. The van der Waals surface area contributed by atoms with Crippen LogP contribution in [0.1, 0.15) is 17.5 Å². The van der Waals surface area contributed by atoms with Crippen molar-refractivity contribution in [3.63, 3.8) is 0 Å². The Morgan fingerprint density at radius 1 is 0.833 bits per heavy atom. The second kappa shape index (κ2) is 5.80. The average Bonchev–Trinajstić information content (AvgIpc) is 2.47. The van der Waals surface area contributed by atoms with E-state index in [4.69, 9.17) is 0 Å². The topological polar surface area (TPSA) is 40.5 Å². The highest BCUT2D eigenvalue weighted by atomic mass is 16.3. The molecule has 2 N–H and O–H groups in total. The molecule has 0 heterocycles. The predicted molar refractivity (Wildman–Crippen MR) is 72.2 cm³/mol. The van der Waals surface area contributed by atoms with Gasteiger partial charge in [-0.15, -0.1) is 0 Å². The molecule has 2 rings (SSSR count). The maximum Gasteiger partial charge on any atom is 0.113 e. The van der Waals surface area contributed by atoms with E-state index in [0.29, 0.717) is 6.42 Å². The lowest BCUT2D eigenvalue weighted by Crippen LogP contribution is -2.30. The summed E-state index contributed by atoms with van der Waals surface area (Å²) in [6.45, 7) is -0.260. The van der Waals surface area contributed by atoms with Gasteiger partial charge >= 0.3 is 0 Å². The Bertz CT molecular complexity index is 467. The lowest BCUT2D eigenvalue weighted by molar-refractivity contribution is -0.0259. The Morgan fingerprint density at radius 3 is 1.94 bits per heavy atom. The molecule has 0 aromatic heterocycles. The van der Waals surface area contributed by atoms with E-state index in [9.17, 15) is 10.2 Å². The molecule has 2 nitrogen and oxygen atoms in total. The van der Waals surface area contributed by atoms with Crippen LogP contribution in [0.3, 0.4) is 0 Å². The summed E-state index contributed by atoms with van der Waals surface area (Å²) < 4.78 is 0. The molecule has 0 spiro atoms. The standard InChI is InChI=1S/C16H18O2/c17-13-16(18,15-9-5-2-6-10-15)12-11-14-7-3-1-4-8-14/h1-10,17-18H,11-13H2/t16-/m1/s1. The van der Waals surface area contributed by atoms with Crippen LogP contribution < -0.4 is 0 Å². The molecular weight excluding hydrogens is 224 g/mol. The van der Waals surface area contributed by atoms with E-state index in [2.05, 4.69) is 0 Å².